The number of nitrogens with one attached hydrogen (secondary N) is 1. The van der Waals surface area contributed by atoms with Gasteiger partial charge in [0.2, 0.25) is 5.91 Å². The van der Waals surface area contributed by atoms with Crippen molar-refractivity contribution in [3.8, 4) is 11.5 Å². The minimum Gasteiger partial charge on any atom is -0.490 e. The maximum Gasteiger partial charge on any atom is 0.236 e. The lowest BCUT2D eigenvalue weighted by atomic mass is 10.1. The van der Waals surface area contributed by atoms with Gasteiger partial charge in [-0.05, 0) is 47.9 Å². The van der Waals surface area contributed by atoms with E-state index in [2.05, 4.69) is 17.1 Å². The van der Waals surface area contributed by atoms with E-state index in [1.54, 1.807) is 6.21 Å². The summed E-state index contributed by atoms with van der Waals surface area (Å²) in [6.45, 7) is 6.07. The average molecular weight is 338 g/mol. The van der Waals surface area contributed by atoms with Crippen molar-refractivity contribution >= 4 is 12.1 Å². The molecule has 5 heteroatoms. The predicted molar refractivity (Wildman–Crippen MR) is 99.2 cm³/mol. The van der Waals surface area contributed by atoms with Gasteiger partial charge in [0, 0.05) is 6.92 Å². The smallest absolute Gasteiger partial charge is 0.236 e. The molecule has 0 fully saturated rings. The van der Waals surface area contributed by atoms with E-state index in [1.807, 2.05) is 54.6 Å². The van der Waals surface area contributed by atoms with Crippen LogP contribution in [0.2, 0.25) is 0 Å². The number of allylic oxidation sites excluding steroid dienone is 1. The Morgan fingerprint density at radius 1 is 1.12 bits per heavy atom. The number of para-hydroxylation sites is 1. The Labute approximate surface area is 148 Å². The second kappa shape index (κ2) is 9.93. The fourth-order valence-electron chi connectivity index (χ4n) is 2.13. The monoisotopic (exact) mass is 338 g/mol. The van der Waals surface area contributed by atoms with E-state index in [0.717, 1.165) is 29.0 Å². The van der Waals surface area contributed by atoms with E-state index in [1.165, 1.54) is 6.92 Å². The summed E-state index contributed by atoms with van der Waals surface area (Å²) < 4.78 is 11.4. The number of carbonyl (C=O) groups excluding carboxylic acids is 1. The Bertz CT molecular complexity index is 724. The zero-order valence-corrected chi connectivity index (χ0v) is 14.3. The highest BCUT2D eigenvalue weighted by atomic mass is 16.5. The molecule has 0 aliphatic carbocycles. The van der Waals surface area contributed by atoms with Crippen LogP contribution in [0.25, 0.3) is 0 Å². The second-order valence-corrected chi connectivity index (χ2v) is 5.29. The van der Waals surface area contributed by atoms with Gasteiger partial charge in [0.25, 0.3) is 0 Å². The molecule has 1 N–H and O–H groups in total. The average Bonchev–Trinajstić information content (AvgIpc) is 2.61. The molecule has 25 heavy (non-hydrogen) atoms. The van der Waals surface area contributed by atoms with Crippen LogP contribution >= 0.6 is 0 Å². The minimum absolute atomic E-state index is 0.203. The van der Waals surface area contributed by atoms with Crippen LogP contribution in [0.3, 0.4) is 0 Å². The maximum atomic E-state index is 10.7. The molecule has 130 valence electrons. The summed E-state index contributed by atoms with van der Waals surface area (Å²) in [6.07, 6.45) is 4.21. The van der Waals surface area contributed by atoms with E-state index in [-0.39, 0.29) is 5.91 Å². The molecule has 2 aromatic carbocycles. The van der Waals surface area contributed by atoms with Gasteiger partial charge in [0.05, 0.1) is 6.21 Å². The van der Waals surface area contributed by atoms with Crippen molar-refractivity contribution in [1.82, 2.24) is 5.43 Å². The van der Waals surface area contributed by atoms with Gasteiger partial charge < -0.3 is 9.47 Å². The summed E-state index contributed by atoms with van der Waals surface area (Å²) in [5, 5.41) is 3.81. The van der Waals surface area contributed by atoms with Gasteiger partial charge in [-0.2, -0.15) is 5.10 Å². The zero-order chi connectivity index (χ0) is 17.9. The van der Waals surface area contributed by atoms with Gasteiger partial charge in [-0.3, -0.25) is 4.79 Å². The van der Waals surface area contributed by atoms with Gasteiger partial charge in [0.1, 0.15) is 24.7 Å². The van der Waals surface area contributed by atoms with Gasteiger partial charge in [-0.15, -0.1) is 6.58 Å². The number of amides is 1. The molecule has 0 saturated carbocycles. The van der Waals surface area contributed by atoms with Crippen molar-refractivity contribution in [2.75, 3.05) is 13.2 Å². The Kier molecular flexibility index (Phi) is 7.25. The first kappa shape index (κ1) is 18.3. The normalized spacial score (nSPS) is 10.4. The number of ether oxygens (including phenoxy) is 2. The van der Waals surface area contributed by atoms with Crippen LogP contribution in [-0.2, 0) is 11.2 Å². The second-order valence-electron chi connectivity index (χ2n) is 5.29. The highest BCUT2D eigenvalue weighted by Crippen LogP contribution is 2.18. The summed E-state index contributed by atoms with van der Waals surface area (Å²) in [7, 11) is 0. The number of hydrogen-bond donors (Lipinski definition) is 1. The summed E-state index contributed by atoms with van der Waals surface area (Å²) in [5.41, 5.74) is 4.34. The fraction of sp³-hybridized carbons (Fsp3) is 0.200. The van der Waals surface area contributed by atoms with Crippen LogP contribution in [-0.4, -0.2) is 25.3 Å². The molecular formula is C20H22N2O3. The van der Waals surface area contributed by atoms with Crippen molar-refractivity contribution in [3.63, 3.8) is 0 Å². The fourth-order valence-corrected chi connectivity index (χ4v) is 2.13. The molecule has 1 amide bonds. The number of nitrogens with zero attached hydrogens (tertiary/aromatic N) is 1. The van der Waals surface area contributed by atoms with E-state index in [4.69, 9.17) is 9.47 Å². The molecule has 0 aliphatic heterocycles. The maximum absolute atomic E-state index is 10.7. The van der Waals surface area contributed by atoms with E-state index >= 15 is 0 Å². The highest BCUT2D eigenvalue weighted by Gasteiger charge is 2.01. The summed E-state index contributed by atoms with van der Waals surface area (Å²) in [4.78, 5) is 10.7. The summed E-state index contributed by atoms with van der Waals surface area (Å²) >= 11 is 0. The molecular weight excluding hydrogens is 316 g/mol. The van der Waals surface area contributed by atoms with Gasteiger partial charge in [-0.25, -0.2) is 5.43 Å². The molecule has 0 spiro atoms. The number of rotatable bonds is 9. The predicted octanol–water partition coefficient (Wildman–Crippen LogP) is 3.34. The third kappa shape index (κ3) is 6.51. The number of hydrazone groups is 1. The van der Waals surface area contributed by atoms with Crippen molar-refractivity contribution < 1.29 is 14.3 Å². The van der Waals surface area contributed by atoms with Crippen molar-refractivity contribution in [2.45, 2.75) is 13.3 Å². The first-order valence-corrected chi connectivity index (χ1v) is 8.03. The van der Waals surface area contributed by atoms with Crippen LogP contribution < -0.4 is 14.9 Å². The third-order valence-corrected chi connectivity index (χ3v) is 3.26. The van der Waals surface area contributed by atoms with Gasteiger partial charge >= 0.3 is 0 Å². The standard InChI is InChI=1S/C20H22N2O3/c1-3-6-18-7-4-5-8-20(18)25-14-13-24-19-11-9-17(10-12-19)15-21-22-16(2)23/h3-5,7-12,15H,1,6,13-14H2,2H3,(H,22,23)/b21-15-. The van der Waals surface area contributed by atoms with Crippen molar-refractivity contribution in [1.29, 1.82) is 0 Å². The molecule has 2 rings (SSSR count). The Balaban J connectivity index is 1.77. The van der Waals surface area contributed by atoms with Crippen LogP contribution in [0.15, 0.2) is 66.3 Å². The lowest BCUT2D eigenvalue weighted by Crippen LogP contribution is -2.12. The van der Waals surface area contributed by atoms with Gasteiger partial charge in [0.15, 0.2) is 0 Å². The molecule has 0 heterocycles. The lowest BCUT2D eigenvalue weighted by molar-refractivity contribution is -0.118. The van der Waals surface area contributed by atoms with Crippen molar-refractivity contribution in [2.24, 2.45) is 5.10 Å². The molecule has 0 atom stereocenters. The van der Waals surface area contributed by atoms with E-state index in [9.17, 15) is 4.79 Å². The molecule has 0 aliphatic rings. The summed E-state index contributed by atoms with van der Waals surface area (Å²) in [6, 6.07) is 15.3. The molecule has 0 saturated heterocycles. The molecule has 2 aromatic rings. The Morgan fingerprint density at radius 2 is 1.84 bits per heavy atom. The topological polar surface area (TPSA) is 59.9 Å². The molecule has 0 bridgehead atoms. The Hall–Kier alpha value is -3.08. The third-order valence-electron chi connectivity index (χ3n) is 3.26. The molecule has 0 aromatic heterocycles. The van der Waals surface area contributed by atoms with E-state index < -0.39 is 0 Å². The van der Waals surface area contributed by atoms with Crippen LogP contribution in [0, 0.1) is 0 Å². The number of carbonyl (C=O) groups is 1. The molecule has 0 radical (unpaired) electrons. The number of hydrogen-bond acceptors (Lipinski definition) is 4. The van der Waals surface area contributed by atoms with Crippen LogP contribution in [0.1, 0.15) is 18.1 Å². The van der Waals surface area contributed by atoms with E-state index in [0.29, 0.717) is 13.2 Å². The van der Waals surface area contributed by atoms with Crippen molar-refractivity contribution in [3.05, 3.63) is 72.3 Å². The minimum atomic E-state index is -0.203. The van der Waals surface area contributed by atoms with Crippen LogP contribution in [0.4, 0.5) is 0 Å². The Morgan fingerprint density at radius 3 is 2.56 bits per heavy atom. The molecule has 5 nitrogen and oxygen atoms in total. The lowest BCUT2D eigenvalue weighted by Gasteiger charge is -2.11. The van der Waals surface area contributed by atoms with Gasteiger partial charge in [-0.1, -0.05) is 24.3 Å². The first-order valence-electron chi connectivity index (χ1n) is 8.03. The first-order chi connectivity index (χ1) is 12.2. The summed E-state index contributed by atoms with van der Waals surface area (Å²) in [5.74, 6) is 1.40. The largest absolute Gasteiger partial charge is 0.490 e. The highest BCUT2D eigenvalue weighted by molar-refractivity contribution is 5.81. The zero-order valence-electron chi connectivity index (χ0n) is 14.3. The quantitative estimate of drug-likeness (QED) is 0.330. The number of benzene rings is 2. The van der Waals surface area contributed by atoms with Crippen LogP contribution in [0.5, 0.6) is 11.5 Å². The molecule has 0 unspecified atom stereocenters. The SMILES string of the molecule is C=CCc1ccccc1OCCOc1ccc(/C=N\NC(C)=O)cc1.